The molecule has 0 radical (unpaired) electrons. The number of aromatic nitrogens is 1. The molecular formula is C18H15NO3S3. The number of carbonyl (C=O) groups excluding carboxylic acids is 1. The zero-order chi connectivity index (χ0) is 17.6. The number of carbonyl (C=O) groups is 1. The topological polar surface area (TPSA) is 64.1 Å². The molecule has 2 heterocycles. The van der Waals surface area contributed by atoms with Crippen molar-refractivity contribution in [3.63, 3.8) is 0 Å². The summed E-state index contributed by atoms with van der Waals surface area (Å²) in [5.74, 6) is 0.254. The Labute approximate surface area is 154 Å². The van der Waals surface area contributed by atoms with Crippen LogP contribution in [0.25, 0.3) is 21.7 Å². The Hall–Kier alpha value is -1.83. The van der Waals surface area contributed by atoms with E-state index < -0.39 is 9.84 Å². The third-order valence-electron chi connectivity index (χ3n) is 4.34. The van der Waals surface area contributed by atoms with Gasteiger partial charge in [0.25, 0.3) is 0 Å². The fourth-order valence-electron chi connectivity index (χ4n) is 3.12. The molecule has 0 fully saturated rings. The van der Waals surface area contributed by atoms with E-state index in [4.69, 9.17) is 0 Å². The predicted octanol–water partition coefficient (Wildman–Crippen LogP) is 4.00. The van der Waals surface area contributed by atoms with Crippen LogP contribution in [0.2, 0.25) is 0 Å². The van der Waals surface area contributed by atoms with Crippen molar-refractivity contribution in [2.24, 2.45) is 0 Å². The van der Waals surface area contributed by atoms with Crippen LogP contribution >= 0.6 is 22.9 Å². The molecule has 7 heteroatoms. The summed E-state index contributed by atoms with van der Waals surface area (Å²) >= 11 is 3.10. The van der Waals surface area contributed by atoms with Gasteiger partial charge in [0.15, 0.2) is 9.84 Å². The van der Waals surface area contributed by atoms with Crippen LogP contribution in [-0.4, -0.2) is 24.8 Å². The Morgan fingerprint density at radius 1 is 1.08 bits per heavy atom. The molecule has 0 spiro atoms. The number of sulfone groups is 1. The molecule has 2 aromatic heterocycles. The average molecular weight is 390 g/mol. The first-order valence-corrected chi connectivity index (χ1v) is 11.4. The molecule has 0 aliphatic heterocycles. The van der Waals surface area contributed by atoms with Crippen molar-refractivity contribution in [3.8, 4) is 21.7 Å². The number of fused-ring (bicyclic) bond motifs is 1. The lowest BCUT2D eigenvalue weighted by atomic mass is 9.90. The summed E-state index contributed by atoms with van der Waals surface area (Å²) in [6, 6.07) is 8.90. The first kappa shape index (κ1) is 16.6. The molecule has 0 amide bonds. The Morgan fingerprint density at radius 3 is 2.48 bits per heavy atom. The second-order valence-electron chi connectivity index (χ2n) is 6.10. The van der Waals surface area contributed by atoms with Crippen LogP contribution in [0.15, 0.2) is 40.6 Å². The van der Waals surface area contributed by atoms with E-state index in [9.17, 15) is 13.2 Å². The molecule has 4 rings (SSSR count). The smallest absolute Gasteiger partial charge is 0.175 e. The summed E-state index contributed by atoms with van der Waals surface area (Å²) in [6.07, 6.45) is 3.01. The summed E-state index contributed by atoms with van der Waals surface area (Å²) in [5.41, 5.74) is 3.96. The lowest BCUT2D eigenvalue weighted by Gasteiger charge is -2.13. The van der Waals surface area contributed by atoms with Gasteiger partial charge in [0.1, 0.15) is 5.78 Å². The molecule has 1 aliphatic carbocycles. The van der Waals surface area contributed by atoms with Crippen molar-refractivity contribution in [3.05, 3.63) is 46.2 Å². The van der Waals surface area contributed by atoms with E-state index in [0.717, 1.165) is 33.7 Å². The summed E-state index contributed by atoms with van der Waals surface area (Å²) in [4.78, 5) is 14.6. The van der Waals surface area contributed by atoms with Crippen molar-refractivity contribution in [2.75, 3.05) is 6.26 Å². The first-order valence-electron chi connectivity index (χ1n) is 7.81. The molecule has 0 saturated heterocycles. The number of rotatable bonds is 3. The van der Waals surface area contributed by atoms with E-state index in [1.54, 1.807) is 23.5 Å². The van der Waals surface area contributed by atoms with E-state index in [-0.39, 0.29) is 5.78 Å². The van der Waals surface area contributed by atoms with Crippen LogP contribution in [0, 0.1) is 0 Å². The maximum atomic E-state index is 12.0. The number of hydrogen-bond acceptors (Lipinski definition) is 6. The fourth-order valence-corrected chi connectivity index (χ4v) is 5.64. The van der Waals surface area contributed by atoms with Gasteiger partial charge in [-0.1, -0.05) is 12.1 Å². The van der Waals surface area contributed by atoms with Crippen molar-refractivity contribution < 1.29 is 13.2 Å². The molecule has 1 aliphatic rings. The molecule has 25 heavy (non-hydrogen) atoms. The molecule has 3 aromatic rings. The Balaban J connectivity index is 1.91. The van der Waals surface area contributed by atoms with E-state index in [2.05, 4.69) is 4.37 Å². The van der Waals surface area contributed by atoms with Gasteiger partial charge in [-0.3, -0.25) is 4.79 Å². The molecular weight excluding hydrogens is 374 g/mol. The maximum absolute atomic E-state index is 12.0. The van der Waals surface area contributed by atoms with Gasteiger partial charge >= 0.3 is 0 Å². The summed E-state index contributed by atoms with van der Waals surface area (Å²) in [7, 11) is -3.23. The number of Topliss-reactive ketones (excluding diaryl/α,β-unsaturated/α-hetero) is 1. The fraction of sp³-hybridized carbons (Fsp3) is 0.222. The van der Waals surface area contributed by atoms with E-state index >= 15 is 0 Å². The normalized spacial score (nSPS) is 14.5. The lowest BCUT2D eigenvalue weighted by molar-refractivity contribution is -0.118. The first-order chi connectivity index (χ1) is 11.9. The molecule has 128 valence electrons. The van der Waals surface area contributed by atoms with E-state index in [1.807, 2.05) is 23.6 Å². The van der Waals surface area contributed by atoms with Crippen molar-refractivity contribution in [1.82, 2.24) is 4.37 Å². The van der Waals surface area contributed by atoms with Crippen LogP contribution in [0.3, 0.4) is 0 Å². The molecule has 0 N–H and O–H groups in total. The Bertz CT molecular complexity index is 1050. The van der Waals surface area contributed by atoms with Crippen LogP contribution in [0.4, 0.5) is 0 Å². The maximum Gasteiger partial charge on any atom is 0.175 e. The van der Waals surface area contributed by atoms with Gasteiger partial charge in [-0.25, -0.2) is 8.42 Å². The minimum atomic E-state index is -3.23. The van der Waals surface area contributed by atoms with Crippen molar-refractivity contribution in [1.29, 1.82) is 0 Å². The summed E-state index contributed by atoms with van der Waals surface area (Å²) < 4.78 is 27.9. The summed E-state index contributed by atoms with van der Waals surface area (Å²) in [5, 5.41) is 1.94. The third-order valence-corrected chi connectivity index (χ3v) is 7.34. The molecule has 0 unspecified atom stereocenters. The monoisotopic (exact) mass is 389 g/mol. The quantitative estimate of drug-likeness (QED) is 0.679. The number of thiophene rings is 1. The van der Waals surface area contributed by atoms with E-state index in [1.165, 1.54) is 22.7 Å². The molecule has 0 bridgehead atoms. The highest BCUT2D eigenvalue weighted by molar-refractivity contribution is 7.90. The highest BCUT2D eigenvalue weighted by Crippen LogP contribution is 2.45. The lowest BCUT2D eigenvalue weighted by Crippen LogP contribution is -2.11. The van der Waals surface area contributed by atoms with Crippen LogP contribution in [0.1, 0.15) is 16.9 Å². The Kier molecular flexibility index (Phi) is 4.10. The number of benzene rings is 1. The van der Waals surface area contributed by atoms with Crippen molar-refractivity contribution >= 4 is 38.5 Å². The third kappa shape index (κ3) is 3.07. The van der Waals surface area contributed by atoms with Gasteiger partial charge in [-0.15, -0.1) is 11.3 Å². The second-order valence-corrected chi connectivity index (χ2v) is 9.89. The number of hydrogen-bond donors (Lipinski definition) is 0. The number of ketones is 1. The van der Waals surface area contributed by atoms with Crippen molar-refractivity contribution in [2.45, 2.75) is 24.2 Å². The SMILES string of the molecule is CS(=O)(=O)c1ccc(-c2c(-c3ccsn3)sc3c2CC(=O)CC3)cc1. The number of aryl methyl sites for hydroxylation is 1. The van der Waals surface area contributed by atoms with Gasteiger partial charge in [0.05, 0.1) is 15.5 Å². The van der Waals surface area contributed by atoms with Crippen LogP contribution in [0.5, 0.6) is 0 Å². The second kappa shape index (κ2) is 6.16. The van der Waals surface area contributed by atoms with Gasteiger partial charge in [-0.2, -0.15) is 4.37 Å². The van der Waals surface area contributed by atoms with E-state index in [0.29, 0.717) is 17.7 Å². The molecule has 0 saturated carbocycles. The van der Waals surface area contributed by atoms with Gasteiger partial charge < -0.3 is 0 Å². The van der Waals surface area contributed by atoms with Gasteiger partial charge in [0, 0.05) is 34.9 Å². The van der Waals surface area contributed by atoms with Gasteiger partial charge in [0.2, 0.25) is 0 Å². The molecule has 0 atom stereocenters. The molecule has 4 nitrogen and oxygen atoms in total. The highest BCUT2D eigenvalue weighted by atomic mass is 32.2. The minimum Gasteiger partial charge on any atom is -0.299 e. The minimum absolute atomic E-state index is 0.254. The zero-order valence-corrected chi connectivity index (χ0v) is 15.9. The predicted molar refractivity (Wildman–Crippen MR) is 101 cm³/mol. The van der Waals surface area contributed by atoms with Gasteiger partial charge in [-0.05, 0) is 47.3 Å². The summed E-state index contributed by atoms with van der Waals surface area (Å²) in [6.45, 7) is 0. The van der Waals surface area contributed by atoms with Crippen LogP contribution in [-0.2, 0) is 27.5 Å². The van der Waals surface area contributed by atoms with Crippen LogP contribution < -0.4 is 0 Å². The number of nitrogens with zero attached hydrogens (tertiary/aromatic N) is 1. The molecule has 1 aromatic carbocycles. The standard InChI is InChI=1S/C18H15NO3S3/c1-25(21,22)13-5-2-11(3-6-13)17-14-10-12(20)4-7-16(14)24-18(17)15-8-9-23-19-15/h2-3,5-6,8-9H,4,7,10H2,1H3. The largest absolute Gasteiger partial charge is 0.299 e. The Morgan fingerprint density at radius 2 is 1.84 bits per heavy atom. The average Bonchev–Trinajstić information content (AvgIpc) is 3.21. The zero-order valence-electron chi connectivity index (χ0n) is 13.5. The highest BCUT2D eigenvalue weighted by Gasteiger charge is 2.26.